The molecule has 0 saturated carbocycles. The van der Waals surface area contributed by atoms with Crippen molar-refractivity contribution in [2.45, 2.75) is 25.9 Å². The van der Waals surface area contributed by atoms with Crippen LogP contribution in [0.15, 0.2) is 18.2 Å². The van der Waals surface area contributed by atoms with Gasteiger partial charge in [0.25, 0.3) is 0 Å². The van der Waals surface area contributed by atoms with Crippen LogP contribution in [-0.2, 0) is 16.1 Å². The molecule has 1 fully saturated rings. The van der Waals surface area contributed by atoms with Crippen LogP contribution in [0.25, 0.3) is 0 Å². The van der Waals surface area contributed by atoms with Crippen molar-refractivity contribution >= 4 is 11.8 Å². The molecule has 6 heteroatoms. The van der Waals surface area contributed by atoms with E-state index in [1.807, 2.05) is 6.07 Å². The molecule has 0 spiro atoms. The second-order valence-electron chi connectivity index (χ2n) is 5.18. The number of nitrogens with zero attached hydrogens (tertiary/aromatic N) is 2. The zero-order valence-corrected chi connectivity index (χ0v) is 11.2. The van der Waals surface area contributed by atoms with Gasteiger partial charge in [-0.15, -0.1) is 0 Å². The molecule has 0 radical (unpaired) electrons. The third-order valence-electron chi connectivity index (χ3n) is 3.28. The van der Waals surface area contributed by atoms with Gasteiger partial charge in [-0.25, -0.2) is 4.39 Å². The van der Waals surface area contributed by atoms with Crippen LogP contribution in [0, 0.1) is 17.1 Å². The van der Waals surface area contributed by atoms with E-state index in [-0.39, 0.29) is 30.5 Å². The molecular formula is C14H14FN3O2. The largest absolute Gasteiger partial charge is 0.295 e. The van der Waals surface area contributed by atoms with Crippen molar-refractivity contribution in [3.8, 4) is 6.07 Å². The summed E-state index contributed by atoms with van der Waals surface area (Å²) in [5.41, 5.74) is -0.274. The molecule has 1 aromatic rings. The minimum atomic E-state index is -0.853. The molecule has 0 bridgehead atoms. The average molecular weight is 275 g/mol. The van der Waals surface area contributed by atoms with E-state index in [1.165, 1.54) is 18.2 Å². The van der Waals surface area contributed by atoms with Crippen LogP contribution >= 0.6 is 0 Å². The molecule has 0 aromatic heterocycles. The summed E-state index contributed by atoms with van der Waals surface area (Å²) in [4.78, 5) is 25.1. The summed E-state index contributed by atoms with van der Waals surface area (Å²) in [6.45, 7) is 3.29. The Labute approximate surface area is 116 Å². The lowest BCUT2D eigenvalue weighted by Gasteiger charge is -2.36. The lowest BCUT2D eigenvalue weighted by atomic mass is 9.99. The molecule has 1 aromatic carbocycles. The number of halogens is 1. The summed E-state index contributed by atoms with van der Waals surface area (Å²) in [5, 5.41) is 11.8. The number of amides is 2. The van der Waals surface area contributed by atoms with Gasteiger partial charge in [0.15, 0.2) is 0 Å². The fraction of sp³-hybridized carbons (Fsp3) is 0.357. The highest BCUT2D eigenvalue weighted by Crippen LogP contribution is 2.19. The van der Waals surface area contributed by atoms with Crippen molar-refractivity contribution in [1.29, 1.82) is 5.26 Å². The van der Waals surface area contributed by atoms with Gasteiger partial charge in [0, 0.05) is 0 Å². The second-order valence-corrected chi connectivity index (χ2v) is 5.18. The first-order valence-electron chi connectivity index (χ1n) is 6.13. The van der Waals surface area contributed by atoms with E-state index in [1.54, 1.807) is 13.8 Å². The number of nitrogens with one attached hydrogen (secondary N) is 1. The third kappa shape index (κ3) is 2.53. The molecule has 1 saturated heterocycles. The summed E-state index contributed by atoms with van der Waals surface area (Å²) >= 11 is 0. The van der Waals surface area contributed by atoms with Gasteiger partial charge < -0.3 is 0 Å². The van der Waals surface area contributed by atoms with Crippen molar-refractivity contribution in [3.05, 3.63) is 35.1 Å². The van der Waals surface area contributed by atoms with Crippen LogP contribution < -0.4 is 5.32 Å². The second kappa shape index (κ2) is 5.02. The minimum absolute atomic E-state index is 0.0376. The van der Waals surface area contributed by atoms with Gasteiger partial charge in [-0.1, -0.05) is 0 Å². The van der Waals surface area contributed by atoms with E-state index in [0.29, 0.717) is 5.56 Å². The third-order valence-corrected chi connectivity index (χ3v) is 3.28. The fourth-order valence-corrected chi connectivity index (χ4v) is 2.05. The fourth-order valence-electron chi connectivity index (χ4n) is 2.05. The molecule has 2 amide bonds. The number of rotatable bonds is 2. The van der Waals surface area contributed by atoms with Crippen molar-refractivity contribution in [2.75, 3.05) is 6.54 Å². The molecule has 5 nitrogen and oxygen atoms in total. The Balaban J connectivity index is 2.33. The Morgan fingerprint density at radius 1 is 1.45 bits per heavy atom. The van der Waals surface area contributed by atoms with E-state index in [4.69, 9.17) is 5.26 Å². The molecule has 0 atom stereocenters. The normalized spacial score (nSPS) is 18.0. The highest BCUT2D eigenvalue weighted by molar-refractivity contribution is 6.02. The highest BCUT2D eigenvalue weighted by atomic mass is 19.1. The first kappa shape index (κ1) is 14.2. The molecular weight excluding hydrogens is 261 g/mol. The van der Waals surface area contributed by atoms with Crippen LogP contribution in [0.5, 0.6) is 0 Å². The Hall–Kier alpha value is -2.26. The van der Waals surface area contributed by atoms with Gasteiger partial charge in [0.1, 0.15) is 5.82 Å². The van der Waals surface area contributed by atoms with Gasteiger partial charge in [-0.3, -0.25) is 19.8 Å². The Morgan fingerprint density at radius 2 is 2.15 bits per heavy atom. The van der Waals surface area contributed by atoms with Crippen LogP contribution in [0.3, 0.4) is 0 Å². The van der Waals surface area contributed by atoms with Crippen LogP contribution in [0.2, 0.25) is 0 Å². The zero-order valence-electron chi connectivity index (χ0n) is 11.2. The number of nitriles is 1. The topological polar surface area (TPSA) is 73.2 Å². The summed E-state index contributed by atoms with van der Waals surface area (Å²) in [7, 11) is 0. The lowest BCUT2D eigenvalue weighted by molar-refractivity contribution is -0.153. The van der Waals surface area contributed by atoms with Crippen LogP contribution in [0.4, 0.5) is 4.39 Å². The highest BCUT2D eigenvalue weighted by Gasteiger charge is 2.39. The molecule has 20 heavy (non-hydrogen) atoms. The number of piperazine rings is 1. The maximum Gasteiger partial charge on any atom is 0.249 e. The number of carbonyl (C=O) groups is 2. The number of hydrogen-bond acceptors (Lipinski definition) is 4. The van der Waals surface area contributed by atoms with Gasteiger partial charge in [-0.2, -0.15) is 5.26 Å². The summed E-state index contributed by atoms with van der Waals surface area (Å²) in [6, 6.07) is 5.62. The predicted molar refractivity (Wildman–Crippen MR) is 68.8 cm³/mol. The monoisotopic (exact) mass is 275 g/mol. The number of carbonyl (C=O) groups excluding carboxylic acids is 2. The molecule has 1 N–H and O–H groups in total. The van der Waals surface area contributed by atoms with Gasteiger partial charge in [-0.05, 0) is 37.6 Å². The average Bonchev–Trinajstić information content (AvgIpc) is 2.40. The van der Waals surface area contributed by atoms with Crippen LogP contribution in [-0.4, -0.2) is 28.8 Å². The van der Waals surface area contributed by atoms with E-state index in [0.717, 1.165) is 4.90 Å². The number of hydrogen-bond donors (Lipinski definition) is 1. The Kier molecular flexibility index (Phi) is 3.55. The smallest absolute Gasteiger partial charge is 0.249 e. The number of benzene rings is 1. The van der Waals surface area contributed by atoms with E-state index < -0.39 is 11.4 Å². The van der Waals surface area contributed by atoms with Crippen molar-refractivity contribution < 1.29 is 14.0 Å². The number of imide groups is 1. The SMILES string of the molecule is CC1(C)NCC(=O)N(Cc2cc(F)ccc2C#N)C1=O. The summed E-state index contributed by atoms with van der Waals surface area (Å²) < 4.78 is 13.3. The first-order valence-corrected chi connectivity index (χ1v) is 6.13. The quantitative estimate of drug-likeness (QED) is 0.815. The van der Waals surface area contributed by atoms with Crippen molar-refractivity contribution in [3.63, 3.8) is 0 Å². The molecule has 1 aliphatic heterocycles. The molecule has 0 unspecified atom stereocenters. The standard InChI is InChI=1S/C14H14FN3O2/c1-14(2)13(20)18(12(19)7-17-14)8-10-5-11(15)4-3-9(10)6-16/h3-5,17H,7-8H2,1-2H3. The molecule has 2 rings (SSSR count). The van der Waals surface area contributed by atoms with E-state index >= 15 is 0 Å². The van der Waals surface area contributed by atoms with E-state index in [9.17, 15) is 14.0 Å². The van der Waals surface area contributed by atoms with Crippen LogP contribution in [0.1, 0.15) is 25.0 Å². The Morgan fingerprint density at radius 3 is 2.80 bits per heavy atom. The first-order chi connectivity index (χ1) is 9.35. The molecule has 0 aliphatic carbocycles. The van der Waals surface area contributed by atoms with E-state index in [2.05, 4.69) is 5.32 Å². The van der Waals surface area contributed by atoms with Gasteiger partial charge in [0.05, 0.1) is 30.3 Å². The molecule has 1 aliphatic rings. The summed E-state index contributed by atoms with van der Waals surface area (Å²) in [5.74, 6) is -1.28. The van der Waals surface area contributed by atoms with Crippen molar-refractivity contribution in [1.82, 2.24) is 10.2 Å². The van der Waals surface area contributed by atoms with Gasteiger partial charge >= 0.3 is 0 Å². The van der Waals surface area contributed by atoms with Crippen molar-refractivity contribution in [2.24, 2.45) is 0 Å². The summed E-state index contributed by atoms with van der Waals surface area (Å²) in [6.07, 6.45) is 0. The maximum absolute atomic E-state index is 13.3. The predicted octanol–water partition coefficient (Wildman–Crippen LogP) is 0.934. The molecule has 104 valence electrons. The minimum Gasteiger partial charge on any atom is -0.295 e. The maximum atomic E-state index is 13.3. The Bertz CT molecular complexity index is 619. The molecule has 1 heterocycles. The lowest BCUT2D eigenvalue weighted by Crippen LogP contribution is -2.63. The zero-order chi connectivity index (χ0) is 14.9. The van der Waals surface area contributed by atoms with Gasteiger partial charge in [0.2, 0.25) is 11.8 Å².